The second-order valence-electron chi connectivity index (χ2n) is 3.92. The van der Waals surface area contributed by atoms with Crippen LogP contribution in [0, 0.1) is 0 Å². The van der Waals surface area contributed by atoms with Crippen molar-refractivity contribution in [2.45, 2.75) is 20.8 Å². The molecule has 1 aromatic carbocycles. The lowest BCUT2D eigenvalue weighted by Gasteiger charge is -2.07. The number of hydrogen-bond acceptors (Lipinski definition) is 1. The summed E-state index contributed by atoms with van der Waals surface area (Å²) >= 11 is 0. The molecule has 0 fully saturated rings. The molecule has 0 aliphatic rings. The highest BCUT2D eigenvalue weighted by Gasteiger charge is 2.05. The number of carbonyl (C=O) groups excluding carboxylic acids is 1. The molecule has 0 atom stereocenters. The van der Waals surface area contributed by atoms with Gasteiger partial charge in [0.1, 0.15) is 0 Å². The maximum Gasteiger partial charge on any atom is 0.159 e. The molecule has 0 N–H and O–H groups in total. The summed E-state index contributed by atoms with van der Waals surface area (Å²) in [6.45, 7) is 13.2. The van der Waals surface area contributed by atoms with Crippen molar-refractivity contribution in [3.05, 3.63) is 48.0 Å². The standard InChI is InChI=1S/C14H16O/c1-9(2)12-6-13(10(3)4)8-14(7-12)11(5)15/h6-8H,1,3H2,2,4-5H3. The quantitative estimate of drug-likeness (QED) is 0.675. The van der Waals surface area contributed by atoms with Crippen LogP contribution >= 0.6 is 0 Å². The Morgan fingerprint density at radius 2 is 1.20 bits per heavy atom. The van der Waals surface area contributed by atoms with Crippen LogP contribution in [0.3, 0.4) is 0 Å². The molecular weight excluding hydrogens is 184 g/mol. The highest BCUT2D eigenvalue weighted by Crippen LogP contribution is 2.21. The molecular formula is C14H16O. The zero-order valence-corrected chi connectivity index (χ0v) is 9.55. The van der Waals surface area contributed by atoms with E-state index >= 15 is 0 Å². The third-order valence-corrected chi connectivity index (χ3v) is 2.33. The molecule has 0 aliphatic carbocycles. The van der Waals surface area contributed by atoms with Gasteiger partial charge in [0.25, 0.3) is 0 Å². The van der Waals surface area contributed by atoms with Crippen molar-refractivity contribution >= 4 is 16.9 Å². The summed E-state index contributed by atoms with van der Waals surface area (Å²) in [6, 6.07) is 5.76. The predicted molar refractivity (Wildman–Crippen MR) is 65.9 cm³/mol. The van der Waals surface area contributed by atoms with E-state index in [4.69, 9.17) is 0 Å². The Bertz CT molecular complexity index is 360. The minimum Gasteiger partial charge on any atom is -0.295 e. The number of Topliss-reactive ketones (excluding diaryl/α,β-unsaturated/α-hetero) is 1. The Labute approximate surface area is 91.1 Å². The highest BCUT2D eigenvalue weighted by molar-refractivity contribution is 5.96. The van der Waals surface area contributed by atoms with Crippen LogP contribution in [-0.2, 0) is 0 Å². The Morgan fingerprint density at radius 3 is 1.47 bits per heavy atom. The lowest BCUT2D eigenvalue weighted by molar-refractivity contribution is 0.101. The first-order valence-electron chi connectivity index (χ1n) is 4.89. The van der Waals surface area contributed by atoms with Crippen molar-refractivity contribution in [2.75, 3.05) is 0 Å². The first kappa shape index (κ1) is 11.4. The lowest BCUT2D eigenvalue weighted by Crippen LogP contribution is -1.95. The topological polar surface area (TPSA) is 17.1 Å². The molecule has 0 aromatic heterocycles. The van der Waals surface area contributed by atoms with E-state index in [1.807, 2.05) is 32.0 Å². The second-order valence-corrected chi connectivity index (χ2v) is 3.92. The summed E-state index contributed by atoms with van der Waals surface area (Å²) in [4.78, 5) is 11.3. The molecule has 0 aliphatic heterocycles. The SMILES string of the molecule is C=C(C)c1cc(C(=C)C)cc(C(C)=O)c1. The summed E-state index contributed by atoms with van der Waals surface area (Å²) in [5.41, 5.74) is 4.64. The number of hydrogen-bond donors (Lipinski definition) is 0. The highest BCUT2D eigenvalue weighted by atomic mass is 16.1. The van der Waals surface area contributed by atoms with E-state index in [0.29, 0.717) is 5.56 Å². The number of benzene rings is 1. The molecule has 0 heterocycles. The molecule has 0 radical (unpaired) electrons. The smallest absolute Gasteiger partial charge is 0.159 e. The first-order valence-corrected chi connectivity index (χ1v) is 4.89. The van der Waals surface area contributed by atoms with Crippen molar-refractivity contribution in [3.63, 3.8) is 0 Å². The van der Waals surface area contributed by atoms with Gasteiger partial charge < -0.3 is 0 Å². The van der Waals surface area contributed by atoms with Crippen LogP contribution in [0.2, 0.25) is 0 Å². The Balaban J connectivity index is 3.39. The minimum absolute atomic E-state index is 0.0700. The van der Waals surface area contributed by atoms with E-state index in [0.717, 1.165) is 22.3 Å². The van der Waals surface area contributed by atoms with Gasteiger partial charge in [-0.3, -0.25) is 4.79 Å². The molecule has 1 nitrogen and oxygen atoms in total. The van der Waals surface area contributed by atoms with E-state index in [2.05, 4.69) is 13.2 Å². The van der Waals surface area contributed by atoms with E-state index in [1.165, 1.54) is 0 Å². The Hall–Kier alpha value is -1.63. The molecule has 15 heavy (non-hydrogen) atoms. The van der Waals surface area contributed by atoms with Gasteiger partial charge in [0.05, 0.1) is 0 Å². The third kappa shape index (κ3) is 2.66. The number of carbonyl (C=O) groups is 1. The summed E-state index contributed by atoms with van der Waals surface area (Å²) in [7, 11) is 0. The monoisotopic (exact) mass is 200 g/mol. The normalized spacial score (nSPS) is 9.80. The third-order valence-electron chi connectivity index (χ3n) is 2.33. The molecule has 1 heteroatoms. The molecule has 0 bridgehead atoms. The molecule has 0 saturated carbocycles. The largest absolute Gasteiger partial charge is 0.295 e. The Morgan fingerprint density at radius 1 is 0.867 bits per heavy atom. The maximum absolute atomic E-state index is 11.3. The molecule has 0 spiro atoms. The Kier molecular flexibility index (Phi) is 3.25. The van der Waals surface area contributed by atoms with E-state index in [9.17, 15) is 4.79 Å². The summed E-state index contributed by atoms with van der Waals surface area (Å²) in [5, 5.41) is 0. The van der Waals surface area contributed by atoms with Crippen LogP contribution in [0.5, 0.6) is 0 Å². The molecule has 0 unspecified atom stereocenters. The van der Waals surface area contributed by atoms with Gasteiger partial charge >= 0.3 is 0 Å². The van der Waals surface area contributed by atoms with Crippen molar-refractivity contribution in [3.8, 4) is 0 Å². The van der Waals surface area contributed by atoms with Gasteiger partial charge in [0.15, 0.2) is 5.78 Å². The van der Waals surface area contributed by atoms with Gasteiger partial charge in [0.2, 0.25) is 0 Å². The molecule has 78 valence electrons. The lowest BCUT2D eigenvalue weighted by atomic mass is 9.97. The van der Waals surface area contributed by atoms with Gasteiger partial charge in [-0.25, -0.2) is 0 Å². The zero-order chi connectivity index (χ0) is 11.6. The summed E-state index contributed by atoms with van der Waals surface area (Å²) < 4.78 is 0. The van der Waals surface area contributed by atoms with E-state index in [1.54, 1.807) is 6.92 Å². The van der Waals surface area contributed by atoms with Gasteiger partial charge in [-0.15, -0.1) is 0 Å². The fourth-order valence-electron chi connectivity index (χ4n) is 1.32. The molecule has 0 saturated heterocycles. The van der Waals surface area contributed by atoms with Crippen LogP contribution in [0.25, 0.3) is 11.1 Å². The van der Waals surface area contributed by atoms with Crippen LogP contribution in [0.1, 0.15) is 42.3 Å². The van der Waals surface area contributed by atoms with Gasteiger partial charge in [0, 0.05) is 5.56 Å². The molecule has 1 rings (SSSR count). The maximum atomic E-state index is 11.3. The van der Waals surface area contributed by atoms with Crippen LogP contribution in [-0.4, -0.2) is 5.78 Å². The summed E-state index contributed by atoms with van der Waals surface area (Å²) in [6.07, 6.45) is 0. The zero-order valence-electron chi connectivity index (χ0n) is 9.55. The van der Waals surface area contributed by atoms with Crippen LogP contribution < -0.4 is 0 Å². The van der Waals surface area contributed by atoms with Crippen molar-refractivity contribution < 1.29 is 4.79 Å². The molecule has 0 amide bonds. The summed E-state index contributed by atoms with van der Waals surface area (Å²) in [5.74, 6) is 0.0700. The number of ketones is 1. The average molecular weight is 200 g/mol. The second kappa shape index (κ2) is 4.26. The first-order chi connectivity index (χ1) is 6.91. The van der Waals surface area contributed by atoms with Gasteiger partial charge in [-0.2, -0.15) is 0 Å². The fourth-order valence-corrected chi connectivity index (χ4v) is 1.32. The van der Waals surface area contributed by atoms with E-state index in [-0.39, 0.29) is 5.78 Å². The van der Waals surface area contributed by atoms with Gasteiger partial charge in [-0.05, 0) is 50.1 Å². The van der Waals surface area contributed by atoms with Crippen molar-refractivity contribution in [1.29, 1.82) is 0 Å². The number of rotatable bonds is 3. The fraction of sp³-hybridized carbons (Fsp3) is 0.214. The van der Waals surface area contributed by atoms with Crippen LogP contribution in [0.4, 0.5) is 0 Å². The van der Waals surface area contributed by atoms with E-state index < -0.39 is 0 Å². The van der Waals surface area contributed by atoms with Crippen molar-refractivity contribution in [2.24, 2.45) is 0 Å². The van der Waals surface area contributed by atoms with Gasteiger partial charge in [-0.1, -0.05) is 24.3 Å². The minimum atomic E-state index is 0.0700. The predicted octanol–water partition coefficient (Wildman–Crippen LogP) is 3.96. The van der Waals surface area contributed by atoms with Crippen molar-refractivity contribution in [1.82, 2.24) is 0 Å². The average Bonchev–Trinajstić information content (AvgIpc) is 2.16. The van der Waals surface area contributed by atoms with Crippen LogP contribution in [0.15, 0.2) is 31.4 Å². The molecule has 1 aromatic rings. The number of allylic oxidation sites excluding steroid dienone is 2.